The van der Waals surface area contributed by atoms with Crippen LogP contribution in [0.3, 0.4) is 0 Å². The third-order valence-corrected chi connectivity index (χ3v) is 7.78. The third-order valence-electron chi connectivity index (χ3n) is 7.78. The van der Waals surface area contributed by atoms with Crippen LogP contribution in [0, 0.1) is 11.8 Å². The van der Waals surface area contributed by atoms with E-state index in [1.54, 1.807) is 11.1 Å². The van der Waals surface area contributed by atoms with Gasteiger partial charge in [-0.05, 0) is 39.5 Å². The molecular formula is C33H56N6O5. The van der Waals surface area contributed by atoms with Gasteiger partial charge in [-0.1, -0.05) is 54.4 Å². The fourth-order valence-corrected chi connectivity index (χ4v) is 5.56. The Morgan fingerprint density at radius 1 is 1.07 bits per heavy atom. The highest BCUT2D eigenvalue weighted by molar-refractivity contribution is 5.98. The average molecular weight is 617 g/mol. The molecule has 2 fully saturated rings. The molecule has 44 heavy (non-hydrogen) atoms. The monoisotopic (exact) mass is 616 g/mol. The first kappa shape index (κ1) is 35.5. The summed E-state index contributed by atoms with van der Waals surface area (Å²) in [5.74, 6) is 0.659. The Hall–Kier alpha value is -2.95. The summed E-state index contributed by atoms with van der Waals surface area (Å²) in [5.41, 5.74) is -0.574. The minimum atomic E-state index is -0.689. The van der Waals surface area contributed by atoms with Crippen molar-refractivity contribution in [3.63, 3.8) is 0 Å². The predicted octanol–water partition coefficient (Wildman–Crippen LogP) is 4.96. The normalized spacial score (nSPS) is 19.6. The topological polar surface area (TPSA) is 117 Å². The summed E-state index contributed by atoms with van der Waals surface area (Å²) in [7, 11) is 0. The number of unbranched alkanes of at least 4 members (excludes halogenated alkanes) is 2. The lowest BCUT2D eigenvalue weighted by Crippen LogP contribution is -2.58. The van der Waals surface area contributed by atoms with Crippen LogP contribution in [0.5, 0.6) is 0 Å². The summed E-state index contributed by atoms with van der Waals surface area (Å²) in [6.45, 7) is 21.6. The number of likely N-dealkylation sites (tertiary alicyclic amines) is 1. The fourth-order valence-electron chi connectivity index (χ4n) is 5.56. The quantitative estimate of drug-likeness (QED) is 0.367. The molecule has 0 unspecified atom stereocenters. The van der Waals surface area contributed by atoms with Gasteiger partial charge in [-0.2, -0.15) is 0 Å². The Kier molecular flexibility index (Phi) is 12.4. The number of hydrogen-bond donors (Lipinski definition) is 1. The molecule has 11 nitrogen and oxygen atoms in total. The minimum Gasteiger partial charge on any atom is -0.444 e. The average Bonchev–Trinajstić information content (AvgIpc) is 2.96. The van der Waals surface area contributed by atoms with Gasteiger partial charge in [0.1, 0.15) is 22.8 Å². The van der Waals surface area contributed by atoms with Gasteiger partial charge in [0.25, 0.3) is 5.91 Å². The lowest BCUT2D eigenvalue weighted by Gasteiger charge is -2.44. The van der Waals surface area contributed by atoms with Crippen molar-refractivity contribution in [3.8, 4) is 0 Å². The van der Waals surface area contributed by atoms with Crippen LogP contribution in [0.25, 0.3) is 0 Å². The molecular weight excluding hydrogens is 560 g/mol. The van der Waals surface area contributed by atoms with Gasteiger partial charge < -0.3 is 29.5 Å². The molecule has 1 aromatic rings. The van der Waals surface area contributed by atoms with Crippen molar-refractivity contribution in [2.75, 3.05) is 57.8 Å². The number of carbonyl (C=O) groups is 3. The number of nitrogens with one attached hydrogen (secondary N) is 1. The maximum Gasteiger partial charge on any atom is 0.410 e. The molecule has 2 aliphatic rings. The molecule has 0 radical (unpaired) electrons. The standard InChI is InChI=1S/C33H56N6O5/c1-10-11-12-13-34-27-26(19-35-30(36-27)32(4,5)6)29(41)39(20-23(2)3)25-18-24(28(40)37-14-16-43-17-15-37)21-38(22-25)31(42)44-33(7,8)9/h19,23-25H,10-18,20-22H2,1-9H3,(H,34,35,36)/t24-,25+/m1/s1. The second kappa shape index (κ2) is 15.4. The molecule has 0 saturated carbocycles. The highest BCUT2D eigenvalue weighted by Crippen LogP contribution is 2.29. The molecule has 11 heteroatoms. The number of aromatic nitrogens is 2. The maximum atomic E-state index is 14.5. The number of rotatable bonds is 10. The van der Waals surface area contributed by atoms with Gasteiger partial charge in [0, 0.05) is 50.9 Å². The number of ether oxygens (including phenoxy) is 2. The Morgan fingerprint density at radius 2 is 1.75 bits per heavy atom. The van der Waals surface area contributed by atoms with E-state index in [4.69, 9.17) is 14.5 Å². The van der Waals surface area contributed by atoms with Gasteiger partial charge >= 0.3 is 6.09 Å². The Labute approximate surface area is 264 Å². The number of piperidine rings is 1. The zero-order valence-corrected chi connectivity index (χ0v) is 28.6. The molecule has 0 aromatic carbocycles. The van der Waals surface area contributed by atoms with E-state index in [9.17, 15) is 14.4 Å². The van der Waals surface area contributed by atoms with Crippen LogP contribution in [0.1, 0.15) is 104 Å². The van der Waals surface area contributed by atoms with Crippen molar-refractivity contribution >= 4 is 23.7 Å². The zero-order chi connectivity index (χ0) is 32.7. The van der Waals surface area contributed by atoms with Crippen LogP contribution in [-0.2, 0) is 19.7 Å². The Morgan fingerprint density at radius 3 is 2.34 bits per heavy atom. The molecule has 1 N–H and O–H groups in total. The highest BCUT2D eigenvalue weighted by Gasteiger charge is 2.41. The first-order chi connectivity index (χ1) is 20.6. The van der Waals surface area contributed by atoms with Gasteiger partial charge in [-0.25, -0.2) is 14.8 Å². The molecule has 3 rings (SSSR count). The minimum absolute atomic E-state index is 0.0142. The zero-order valence-electron chi connectivity index (χ0n) is 28.6. The molecule has 0 bridgehead atoms. The summed E-state index contributed by atoms with van der Waals surface area (Å²) >= 11 is 0. The molecule has 2 saturated heterocycles. The van der Waals surface area contributed by atoms with Crippen LogP contribution >= 0.6 is 0 Å². The second-order valence-electron chi connectivity index (χ2n) is 14.6. The first-order valence-corrected chi connectivity index (χ1v) is 16.4. The van der Waals surface area contributed by atoms with Crippen molar-refractivity contribution in [1.82, 2.24) is 24.7 Å². The van der Waals surface area contributed by atoms with E-state index in [0.717, 1.165) is 19.3 Å². The second-order valence-corrected chi connectivity index (χ2v) is 14.6. The smallest absolute Gasteiger partial charge is 0.410 e. The third kappa shape index (κ3) is 10.0. The van der Waals surface area contributed by atoms with Gasteiger partial charge in [0.15, 0.2) is 0 Å². The Bertz CT molecular complexity index is 1120. The Balaban J connectivity index is 1.99. The summed E-state index contributed by atoms with van der Waals surface area (Å²) in [6.07, 6.45) is 4.74. The molecule has 3 heterocycles. The molecule has 2 atom stereocenters. The summed E-state index contributed by atoms with van der Waals surface area (Å²) < 4.78 is 11.2. The number of morpholine rings is 1. The summed E-state index contributed by atoms with van der Waals surface area (Å²) in [6, 6.07) is -0.392. The molecule has 0 spiro atoms. The van der Waals surface area contributed by atoms with Crippen LogP contribution in [0.4, 0.5) is 10.6 Å². The number of hydrogen-bond acceptors (Lipinski definition) is 8. The summed E-state index contributed by atoms with van der Waals surface area (Å²) in [5, 5.41) is 3.42. The largest absolute Gasteiger partial charge is 0.444 e. The maximum absolute atomic E-state index is 14.5. The van der Waals surface area contributed by atoms with E-state index in [0.29, 0.717) is 63.0 Å². The fraction of sp³-hybridized carbons (Fsp3) is 0.788. The molecule has 1 aromatic heterocycles. The van der Waals surface area contributed by atoms with E-state index in [1.807, 2.05) is 30.6 Å². The summed E-state index contributed by atoms with van der Waals surface area (Å²) in [4.78, 5) is 56.3. The number of carbonyl (C=O) groups excluding carboxylic acids is 3. The number of nitrogens with zero attached hydrogens (tertiary/aromatic N) is 5. The van der Waals surface area contributed by atoms with E-state index in [2.05, 4.69) is 51.8 Å². The predicted molar refractivity (Wildman–Crippen MR) is 172 cm³/mol. The molecule has 2 aliphatic heterocycles. The molecule has 3 amide bonds. The van der Waals surface area contributed by atoms with Crippen molar-refractivity contribution in [1.29, 1.82) is 0 Å². The first-order valence-electron chi connectivity index (χ1n) is 16.4. The number of amides is 3. The lowest BCUT2D eigenvalue weighted by molar-refractivity contribution is -0.142. The van der Waals surface area contributed by atoms with Crippen LogP contribution in [-0.4, -0.2) is 107 Å². The van der Waals surface area contributed by atoms with E-state index in [-0.39, 0.29) is 36.2 Å². The lowest BCUT2D eigenvalue weighted by atomic mass is 9.91. The van der Waals surface area contributed by atoms with E-state index >= 15 is 0 Å². The van der Waals surface area contributed by atoms with E-state index in [1.165, 1.54) is 0 Å². The van der Waals surface area contributed by atoms with Gasteiger partial charge in [-0.15, -0.1) is 0 Å². The molecule has 248 valence electrons. The van der Waals surface area contributed by atoms with Crippen molar-refractivity contribution < 1.29 is 23.9 Å². The van der Waals surface area contributed by atoms with Crippen molar-refractivity contribution in [3.05, 3.63) is 17.6 Å². The van der Waals surface area contributed by atoms with Gasteiger partial charge in [0.05, 0.1) is 25.2 Å². The van der Waals surface area contributed by atoms with Crippen molar-refractivity contribution in [2.24, 2.45) is 11.8 Å². The van der Waals surface area contributed by atoms with Crippen molar-refractivity contribution in [2.45, 2.75) is 105 Å². The SMILES string of the molecule is CCCCCNc1nc(C(C)(C)C)ncc1C(=O)N(CC(C)C)[C@H]1C[C@@H](C(=O)N2CCOCC2)CN(C(=O)OC(C)(C)C)C1. The van der Waals surface area contributed by atoms with Gasteiger partial charge in [0.2, 0.25) is 5.91 Å². The van der Waals surface area contributed by atoms with E-state index < -0.39 is 23.7 Å². The number of anilines is 1. The van der Waals surface area contributed by atoms with Crippen LogP contribution in [0.2, 0.25) is 0 Å². The molecule has 0 aliphatic carbocycles. The highest BCUT2D eigenvalue weighted by atomic mass is 16.6. The van der Waals surface area contributed by atoms with Crippen LogP contribution in [0.15, 0.2) is 6.20 Å². The van der Waals surface area contributed by atoms with Crippen LogP contribution < -0.4 is 5.32 Å². The van der Waals surface area contributed by atoms with Gasteiger partial charge in [-0.3, -0.25) is 9.59 Å².